The summed E-state index contributed by atoms with van der Waals surface area (Å²) in [6.45, 7) is 7.33. The third kappa shape index (κ3) is 10.2. The van der Waals surface area contributed by atoms with Crippen molar-refractivity contribution in [3.8, 4) is 34.4 Å². The van der Waals surface area contributed by atoms with Crippen molar-refractivity contribution in [3.05, 3.63) is 82.7 Å². The topological polar surface area (TPSA) is 195 Å². The maximum Gasteiger partial charge on any atom is 0.407 e. The molecule has 4 N–H and O–H groups in total. The van der Waals surface area contributed by atoms with Crippen LogP contribution >= 0.6 is 11.6 Å². The van der Waals surface area contributed by atoms with Gasteiger partial charge in [0.2, 0.25) is 11.8 Å². The number of nitrogens with zero attached hydrogens (tertiary/aromatic N) is 5. The summed E-state index contributed by atoms with van der Waals surface area (Å²) in [6.07, 6.45) is 4.08. The SMILES string of the molecule is COC(=O)N[C@H](C(=O)N1C[C@@H](C)C[C@H]1c1nc(Cl)c(-c2ccc(C#Cc3ccc(-c4c[nH]c([C@@H]5C[C@H](C)CN5C(=O)[C@H](C5CCOCC5)N(C)C(=O)O)n4)cc3)cc2)[nH]1)C1CCOCC1. The summed E-state index contributed by atoms with van der Waals surface area (Å²) >= 11 is 6.74. The zero-order valence-corrected chi connectivity index (χ0v) is 38.0. The van der Waals surface area contributed by atoms with Gasteiger partial charge in [0.15, 0.2) is 5.15 Å². The number of hydrogen-bond donors (Lipinski definition) is 4. The van der Waals surface area contributed by atoms with Crippen molar-refractivity contribution in [2.24, 2.45) is 23.7 Å². The lowest BCUT2D eigenvalue weighted by Gasteiger charge is -2.37. The number of amides is 4. The molecule has 16 nitrogen and oxygen atoms in total. The van der Waals surface area contributed by atoms with Gasteiger partial charge in [-0.05, 0) is 86.5 Å². The summed E-state index contributed by atoms with van der Waals surface area (Å²) in [5.74, 6) is 7.66. The van der Waals surface area contributed by atoms with Gasteiger partial charge in [-0.25, -0.2) is 19.6 Å². The average Bonchev–Trinajstić information content (AvgIpc) is 4.14. The van der Waals surface area contributed by atoms with Crippen LogP contribution in [0.5, 0.6) is 0 Å². The van der Waals surface area contributed by atoms with Crippen molar-refractivity contribution in [3.63, 3.8) is 0 Å². The summed E-state index contributed by atoms with van der Waals surface area (Å²) < 4.78 is 15.9. The van der Waals surface area contributed by atoms with Crippen LogP contribution in [-0.4, -0.2) is 130 Å². The van der Waals surface area contributed by atoms with Crippen LogP contribution in [0.1, 0.15) is 87.2 Å². The Bertz CT molecular complexity index is 2400. The number of imidazole rings is 2. The molecule has 2 aromatic heterocycles. The van der Waals surface area contributed by atoms with Gasteiger partial charge in [0.05, 0.1) is 30.6 Å². The Morgan fingerprint density at radius 1 is 0.815 bits per heavy atom. The second kappa shape index (κ2) is 20.1. The number of likely N-dealkylation sites (tertiary alicyclic amines) is 2. The number of aromatic amines is 2. The van der Waals surface area contributed by atoms with Gasteiger partial charge in [-0.1, -0.05) is 61.6 Å². The van der Waals surface area contributed by atoms with E-state index in [1.165, 1.54) is 14.2 Å². The predicted octanol–water partition coefficient (Wildman–Crippen LogP) is 6.90. The van der Waals surface area contributed by atoms with E-state index in [1.807, 2.05) is 59.6 Å². The fourth-order valence-electron chi connectivity index (χ4n) is 9.86. The number of rotatable bonds is 10. The highest BCUT2D eigenvalue weighted by Crippen LogP contribution is 2.39. The number of carbonyl (C=O) groups excluding carboxylic acids is 3. The molecule has 6 heterocycles. The normalized spacial score (nSPS) is 22.5. The third-order valence-corrected chi connectivity index (χ3v) is 13.6. The van der Waals surface area contributed by atoms with Crippen molar-refractivity contribution in [1.29, 1.82) is 0 Å². The van der Waals surface area contributed by atoms with E-state index >= 15 is 0 Å². The molecule has 0 unspecified atom stereocenters. The molecule has 0 spiro atoms. The lowest BCUT2D eigenvalue weighted by atomic mass is 9.89. The molecule has 6 atom stereocenters. The number of H-pyrrole nitrogens is 2. The van der Waals surface area contributed by atoms with E-state index < -0.39 is 24.3 Å². The molecule has 4 fully saturated rings. The van der Waals surface area contributed by atoms with Crippen LogP contribution in [-0.2, 0) is 23.8 Å². The van der Waals surface area contributed by atoms with Gasteiger partial charge in [0.1, 0.15) is 23.7 Å². The van der Waals surface area contributed by atoms with Gasteiger partial charge in [0.25, 0.3) is 0 Å². The molecule has 65 heavy (non-hydrogen) atoms. The van der Waals surface area contributed by atoms with E-state index in [9.17, 15) is 24.3 Å². The number of methoxy groups -OCH3 is 1. The minimum atomic E-state index is -1.12. The van der Waals surface area contributed by atoms with E-state index in [0.717, 1.165) is 39.3 Å². The van der Waals surface area contributed by atoms with Gasteiger partial charge >= 0.3 is 12.2 Å². The smallest absolute Gasteiger partial charge is 0.407 e. The van der Waals surface area contributed by atoms with Crippen LogP contribution in [0.15, 0.2) is 54.7 Å². The van der Waals surface area contributed by atoms with Gasteiger partial charge in [-0.2, -0.15) is 0 Å². The van der Waals surface area contributed by atoms with Gasteiger partial charge in [-0.3, -0.25) is 14.5 Å². The molecule has 0 bridgehead atoms. The number of ether oxygens (including phenoxy) is 3. The molecule has 4 aromatic rings. The molecule has 0 saturated carbocycles. The van der Waals surface area contributed by atoms with Gasteiger partial charge in [0, 0.05) is 75.0 Å². The quantitative estimate of drug-likeness (QED) is 0.122. The molecule has 17 heteroatoms. The predicted molar refractivity (Wildman–Crippen MR) is 241 cm³/mol. The van der Waals surface area contributed by atoms with Crippen LogP contribution in [0, 0.1) is 35.5 Å². The van der Waals surface area contributed by atoms with Gasteiger partial charge in [-0.15, -0.1) is 0 Å². The zero-order chi connectivity index (χ0) is 45.8. The molecule has 4 amide bonds. The molecular weight excluding hydrogens is 852 g/mol. The number of aromatic nitrogens is 4. The second-order valence-electron chi connectivity index (χ2n) is 17.9. The van der Waals surface area contributed by atoms with Gasteiger partial charge < -0.3 is 44.4 Å². The number of nitrogens with one attached hydrogen (secondary N) is 3. The Balaban J connectivity index is 0.922. The Morgan fingerprint density at radius 3 is 1.92 bits per heavy atom. The maximum absolute atomic E-state index is 14.2. The molecule has 4 aliphatic rings. The largest absolute Gasteiger partial charge is 0.465 e. The highest BCUT2D eigenvalue weighted by molar-refractivity contribution is 6.31. The number of likely N-dealkylation sites (N-methyl/N-ethyl adjacent to an activating group) is 1. The van der Waals surface area contributed by atoms with E-state index in [-0.39, 0.29) is 47.6 Å². The molecule has 4 aliphatic heterocycles. The minimum Gasteiger partial charge on any atom is -0.465 e. The van der Waals surface area contributed by atoms with Crippen LogP contribution < -0.4 is 5.32 Å². The Morgan fingerprint density at radius 2 is 1.35 bits per heavy atom. The van der Waals surface area contributed by atoms with Crippen LogP contribution in [0.3, 0.4) is 0 Å². The number of alkyl carbamates (subject to hydrolysis) is 1. The first kappa shape index (κ1) is 45.7. The zero-order valence-electron chi connectivity index (χ0n) is 37.2. The lowest BCUT2D eigenvalue weighted by molar-refractivity contribution is -0.140. The molecule has 4 saturated heterocycles. The highest BCUT2D eigenvalue weighted by atomic mass is 35.5. The molecular formula is C48H57ClN8O8. The summed E-state index contributed by atoms with van der Waals surface area (Å²) in [7, 11) is 2.77. The van der Waals surface area contributed by atoms with Crippen molar-refractivity contribution in [2.45, 2.75) is 76.5 Å². The van der Waals surface area contributed by atoms with E-state index in [1.54, 1.807) is 4.90 Å². The summed E-state index contributed by atoms with van der Waals surface area (Å²) in [5, 5.41) is 13.0. The summed E-state index contributed by atoms with van der Waals surface area (Å²) in [5.41, 5.74) is 4.73. The minimum absolute atomic E-state index is 0.0720. The Labute approximate surface area is 383 Å². The molecule has 0 radical (unpaired) electrons. The van der Waals surface area contributed by atoms with Crippen LogP contribution in [0.2, 0.25) is 5.15 Å². The van der Waals surface area contributed by atoms with E-state index in [4.69, 9.17) is 35.8 Å². The Hall–Kier alpha value is -5.89. The van der Waals surface area contributed by atoms with E-state index in [2.05, 4.69) is 41.0 Å². The number of hydrogen-bond acceptors (Lipinski definition) is 9. The maximum atomic E-state index is 14.2. The highest BCUT2D eigenvalue weighted by Gasteiger charge is 2.45. The standard InChI is InChI=1S/C48H57ClN8O8/c1-28-23-37(57(27-28)46(59)41(55(3)48(61)62)35-17-21-65-22-18-35)43-50-25-36(51-43)32-11-7-30(8-12-32)5-6-31-9-13-33(14-10-31)39-42(49)54-44(52-39)38-24-29(2)26-56(38)45(58)40(53-47(60)63-4)34-15-19-64-20-16-34/h7-14,25,28-29,34-35,37-38,40-41H,15-24,26-27H2,1-4H3,(H,50,51)(H,52,54)(H,53,60)(H,61,62)/t28-,29-,37-,38-,40-,41-/m0/s1. The van der Waals surface area contributed by atoms with Crippen molar-refractivity contribution in [2.75, 3.05) is 53.7 Å². The molecule has 8 rings (SSSR count). The third-order valence-electron chi connectivity index (χ3n) is 13.3. The first-order valence-corrected chi connectivity index (χ1v) is 22.9. The number of carboxylic acid groups (broad SMARTS) is 1. The monoisotopic (exact) mass is 908 g/mol. The lowest BCUT2D eigenvalue weighted by Crippen LogP contribution is -2.53. The molecule has 2 aromatic carbocycles. The molecule has 344 valence electrons. The van der Waals surface area contributed by atoms with Crippen molar-refractivity contribution in [1.82, 2.24) is 40.0 Å². The first-order valence-electron chi connectivity index (χ1n) is 22.5. The number of benzene rings is 2. The fraction of sp³-hybridized carbons (Fsp3) is 0.500. The van der Waals surface area contributed by atoms with E-state index in [0.29, 0.717) is 94.1 Å². The molecule has 0 aliphatic carbocycles. The fourth-order valence-corrected chi connectivity index (χ4v) is 10.1. The van der Waals surface area contributed by atoms with Crippen molar-refractivity contribution >= 4 is 35.6 Å². The number of halogens is 1. The first-order chi connectivity index (χ1) is 31.4. The summed E-state index contributed by atoms with van der Waals surface area (Å²) in [4.78, 5) is 73.8. The Kier molecular flexibility index (Phi) is 14.1. The van der Waals surface area contributed by atoms with Crippen LogP contribution in [0.4, 0.5) is 9.59 Å². The van der Waals surface area contributed by atoms with Crippen LogP contribution in [0.25, 0.3) is 22.5 Å². The van der Waals surface area contributed by atoms with Crippen molar-refractivity contribution < 1.29 is 38.5 Å². The summed E-state index contributed by atoms with van der Waals surface area (Å²) in [6, 6.07) is 13.4. The average molecular weight is 909 g/mol. The second-order valence-corrected chi connectivity index (χ2v) is 18.3. The number of carbonyl (C=O) groups is 4.